The van der Waals surface area contributed by atoms with E-state index in [0.717, 1.165) is 0 Å². The zero-order chi connectivity index (χ0) is 26.8. The van der Waals surface area contributed by atoms with Gasteiger partial charge in [0, 0.05) is 42.3 Å². The number of ketones is 2. The van der Waals surface area contributed by atoms with Crippen molar-refractivity contribution in [2.45, 2.75) is 31.5 Å². The molecular formula is C26H23FN2O8. The molecule has 1 aromatic carbocycles. The number of methoxy groups -OCH3 is 1. The summed E-state index contributed by atoms with van der Waals surface area (Å²) < 4.78 is 19.1. The molecule has 6 N–H and O–H groups in total. The lowest BCUT2D eigenvalue weighted by Gasteiger charge is -2.46. The molecule has 192 valence electrons. The SMILES string of the molecule is COCc1cc(-c2ccc(O)c3c2C[C@H]2C[C@H]4CC(=O)C(C(N)=O)=C(O)[C@@]4(O)C(=O)C2=C3O)cnc1F. The molecule has 3 aliphatic carbocycles. The van der Waals surface area contributed by atoms with Gasteiger partial charge >= 0.3 is 0 Å². The van der Waals surface area contributed by atoms with E-state index >= 15 is 0 Å². The van der Waals surface area contributed by atoms with Crippen LogP contribution in [0.4, 0.5) is 4.39 Å². The van der Waals surface area contributed by atoms with Crippen LogP contribution in [-0.4, -0.2) is 55.6 Å². The van der Waals surface area contributed by atoms with Gasteiger partial charge < -0.3 is 30.9 Å². The summed E-state index contributed by atoms with van der Waals surface area (Å²) >= 11 is 0. The average Bonchev–Trinajstić information content (AvgIpc) is 2.83. The maximum atomic E-state index is 14.1. The number of carbonyl (C=O) groups is 3. The standard InChI is InChI=1S/C26H23FN2O8/c1-37-9-12-4-11(8-29-24(12)27)14-2-3-16(30)19-15(14)6-10-5-13-7-17(31)20(25(28)35)23(34)26(13,36)22(33)18(10)21(19)32/h2-4,8,10,13,30,32,34,36H,5-7,9H2,1H3,(H2,28,35)/t10-,13+,26+/m1/s1. The Kier molecular flexibility index (Phi) is 5.65. The highest BCUT2D eigenvalue weighted by Gasteiger charge is 2.60. The minimum atomic E-state index is -2.63. The number of phenolic OH excluding ortho intramolecular Hbond substituents is 1. The van der Waals surface area contributed by atoms with E-state index in [1.807, 2.05) is 0 Å². The first-order chi connectivity index (χ1) is 17.5. The molecule has 10 nitrogen and oxygen atoms in total. The summed E-state index contributed by atoms with van der Waals surface area (Å²) in [6.07, 6.45) is 1.02. The molecular weight excluding hydrogens is 487 g/mol. The van der Waals surface area contributed by atoms with Gasteiger partial charge in [-0.1, -0.05) is 6.07 Å². The van der Waals surface area contributed by atoms with E-state index in [1.54, 1.807) is 6.07 Å². The lowest BCUT2D eigenvalue weighted by Crippen LogP contribution is -2.58. The van der Waals surface area contributed by atoms with Gasteiger partial charge in [0.1, 0.15) is 22.8 Å². The maximum Gasteiger partial charge on any atom is 0.255 e. The fraction of sp³-hybridized carbons (Fsp3) is 0.308. The number of halogens is 1. The predicted molar refractivity (Wildman–Crippen MR) is 125 cm³/mol. The highest BCUT2D eigenvalue weighted by Crippen LogP contribution is 2.53. The molecule has 0 radical (unpaired) electrons. The van der Waals surface area contributed by atoms with E-state index in [4.69, 9.17) is 10.5 Å². The third-order valence-corrected chi connectivity index (χ3v) is 7.47. The van der Waals surface area contributed by atoms with Gasteiger partial charge in [-0.2, -0.15) is 4.39 Å². The van der Waals surface area contributed by atoms with Gasteiger partial charge in [-0.05, 0) is 42.0 Å². The number of pyridine rings is 1. The number of aliphatic hydroxyl groups is 3. The van der Waals surface area contributed by atoms with Crippen LogP contribution in [0.25, 0.3) is 16.9 Å². The van der Waals surface area contributed by atoms with Gasteiger partial charge in [0.05, 0.1) is 12.2 Å². The molecule has 0 saturated heterocycles. The van der Waals surface area contributed by atoms with E-state index < -0.39 is 64.4 Å². The van der Waals surface area contributed by atoms with Crippen LogP contribution in [0.5, 0.6) is 5.75 Å². The molecule has 1 saturated carbocycles. The van der Waals surface area contributed by atoms with E-state index in [-0.39, 0.29) is 41.9 Å². The highest BCUT2D eigenvalue weighted by atomic mass is 19.1. The number of aromatic hydroxyl groups is 1. The molecule has 1 aromatic heterocycles. The molecule has 3 aliphatic rings. The number of nitrogens with zero attached hydrogens (tertiary/aromatic N) is 1. The van der Waals surface area contributed by atoms with Crippen molar-refractivity contribution in [1.29, 1.82) is 0 Å². The Labute approximate surface area is 209 Å². The second kappa shape index (κ2) is 8.49. The number of ether oxygens (including phenoxy) is 1. The molecule has 2 aromatic rings. The molecule has 0 spiro atoms. The summed E-state index contributed by atoms with van der Waals surface area (Å²) in [6, 6.07) is 4.42. The predicted octanol–water partition coefficient (Wildman–Crippen LogP) is 1.77. The van der Waals surface area contributed by atoms with Gasteiger partial charge in [-0.25, -0.2) is 4.98 Å². The number of aromatic nitrogens is 1. The summed E-state index contributed by atoms with van der Waals surface area (Å²) in [6.45, 7) is -0.0298. The summed E-state index contributed by atoms with van der Waals surface area (Å²) in [4.78, 5) is 41.6. The minimum Gasteiger partial charge on any atom is -0.508 e. The smallest absolute Gasteiger partial charge is 0.255 e. The van der Waals surface area contributed by atoms with Crippen molar-refractivity contribution < 1.29 is 43.9 Å². The molecule has 0 unspecified atom stereocenters. The molecule has 1 amide bonds. The zero-order valence-electron chi connectivity index (χ0n) is 19.6. The van der Waals surface area contributed by atoms with Gasteiger partial charge in [0.15, 0.2) is 11.4 Å². The van der Waals surface area contributed by atoms with E-state index in [0.29, 0.717) is 16.7 Å². The van der Waals surface area contributed by atoms with Crippen molar-refractivity contribution in [2.75, 3.05) is 7.11 Å². The second-order valence-corrected chi connectivity index (χ2v) is 9.50. The molecule has 3 atom stereocenters. The first-order valence-corrected chi connectivity index (χ1v) is 11.5. The monoisotopic (exact) mass is 510 g/mol. The number of Topliss-reactive ketones (excluding diaryl/α,β-unsaturated/α-hetero) is 2. The Hall–Kier alpha value is -4.09. The van der Waals surface area contributed by atoms with E-state index in [9.17, 15) is 39.2 Å². The topological polar surface area (TPSA) is 180 Å². The molecule has 37 heavy (non-hydrogen) atoms. The number of nitrogens with two attached hydrogens (primary N) is 1. The van der Waals surface area contributed by atoms with Crippen LogP contribution >= 0.6 is 0 Å². The van der Waals surface area contributed by atoms with Gasteiger partial charge in [-0.3, -0.25) is 14.4 Å². The van der Waals surface area contributed by atoms with Crippen LogP contribution in [0.15, 0.2) is 41.3 Å². The fourth-order valence-corrected chi connectivity index (χ4v) is 5.79. The number of amides is 1. The number of hydrogen-bond donors (Lipinski definition) is 5. The molecule has 0 bridgehead atoms. The minimum absolute atomic E-state index is 0.00854. The van der Waals surface area contributed by atoms with E-state index in [1.165, 1.54) is 25.4 Å². The molecule has 1 heterocycles. The van der Waals surface area contributed by atoms with Gasteiger partial charge in [0.25, 0.3) is 5.91 Å². The van der Waals surface area contributed by atoms with E-state index in [2.05, 4.69) is 4.98 Å². The first-order valence-electron chi connectivity index (χ1n) is 11.5. The largest absolute Gasteiger partial charge is 0.508 e. The summed E-state index contributed by atoms with van der Waals surface area (Å²) in [7, 11) is 1.41. The van der Waals surface area contributed by atoms with Crippen molar-refractivity contribution in [3.8, 4) is 16.9 Å². The summed E-state index contributed by atoms with van der Waals surface area (Å²) in [5.41, 5.74) is 3.10. The Balaban J connectivity index is 1.68. The number of primary amides is 1. The maximum absolute atomic E-state index is 14.1. The number of aliphatic hydroxyl groups excluding tert-OH is 2. The van der Waals surface area contributed by atoms with Crippen molar-refractivity contribution in [1.82, 2.24) is 4.98 Å². The van der Waals surface area contributed by atoms with Crippen molar-refractivity contribution >= 4 is 23.2 Å². The van der Waals surface area contributed by atoms with Crippen molar-refractivity contribution in [3.05, 3.63) is 63.9 Å². The number of fused-ring (bicyclic) bond motifs is 3. The quantitative estimate of drug-likeness (QED) is 0.303. The van der Waals surface area contributed by atoms with Crippen molar-refractivity contribution in [3.63, 3.8) is 0 Å². The second-order valence-electron chi connectivity index (χ2n) is 9.50. The van der Waals surface area contributed by atoms with Crippen LogP contribution in [0.1, 0.15) is 29.5 Å². The Morgan fingerprint density at radius 2 is 1.97 bits per heavy atom. The molecule has 5 rings (SSSR count). The lowest BCUT2D eigenvalue weighted by molar-refractivity contribution is -0.147. The molecule has 11 heteroatoms. The molecule has 1 fully saturated rings. The van der Waals surface area contributed by atoms with Crippen LogP contribution in [0.3, 0.4) is 0 Å². The number of hydrogen-bond acceptors (Lipinski definition) is 9. The summed E-state index contributed by atoms with van der Waals surface area (Å²) in [5, 5.41) is 43.8. The Morgan fingerprint density at radius 1 is 1.24 bits per heavy atom. The average molecular weight is 510 g/mol. The van der Waals surface area contributed by atoms with Crippen LogP contribution < -0.4 is 5.73 Å². The normalized spacial score (nSPS) is 25.1. The van der Waals surface area contributed by atoms with Crippen LogP contribution in [0, 0.1) is 17.8 Å². The highest BCUT2D eigenvalue weighted by molar-refractivity contribution is 6.22. The number of phenols is 1. The first kappa shape index (κ1) is 24.6. The lowest BCUT2D eigenvalue weighted by atomic mass is 9.59. The van der Waals surface area contributed by atoms with Gasteiger partial charge in [0.2, 0.25) is 11.7 Å². The fourth-order valence-electron chi connectivity index (χ4n) is 5.79. The number of carbonyl (C=O) groups excluding carboxylic acids is 3. The van der Waals surface area contributed by atoms with Gasteiger partial charge in [-0.15, -0.1) is 0 Å². The summed E-state index contributed by atoms with van der Waals surface area (Å²) in [5.74, 6) is -7.67. The van der Waals surface area contributed by atoms with Crippen molar-refractivity contribution in [2.24, 2.45) is 17.6 Å². The number of benzene rings is 1. The van der Waals surface area contributed by atoms with Crippen LogP contribution in [-0.2, 0) is 32.1 Å². The third-order valence-electron chi connectivity index (χ3n) is 7.47. The molecule has 0 aliphatic heterocycles. The zero-order valence-corrected chi connectivity index (χ0v) is 19.6. The van der Waals surface area contributed by atoms with Crippen LogP contribution in [0.2, 0.25) is 0 Å². The number of rotatable bonds is 4. The Bertz CT molecular complexity index is 1460. The Morgan fingerprint density at radius 3 is 2.65 bits per heavy atom. The third kappa shape index (κ3) is 3.45.